The van der Waals surface area contributed by atoms with Crippen LogP contribution in [0.2, 0.25) is 0 Å². The van der Waals surface area contributed by atoms with Crippen molar-refractivity contribution in [3.05, 3.63) is 17.9 Å². The van der Waals surface area contributed by atoms with Crippen molar-refractivity contribution in [3.63, 3.8) is 0 Å². The highest BCUT2D eigenvalue weighted by atomic mass is 32.2. The van der Waals surface area contributed by atoms with Crippen LogP contribution >= 0.6 is 0 Å². The number of sulfonamides is 1. The van der Waals surface area contributed by atoms with Crippen molar-refractivity contribution in [2.45, 2.75) is 24.4 Å². The maximum absolute atomic E-state index is 12.5. The standard InChI is InChI=1S/C15H24N2O6S/c1-21-11-12-22-10-7-16-15(18)13-5-6-14(23-13)24(19,20)17-8-3-2-4-9-17/h5-6H,2-4,7-12H2,1H3,(H,16,18). The highest BCUT2D eigenvalue weighted by molar-refractivity contribution is 7.89. The normalized spacial score (nSPS) is 16.2. The van der Waals surface area contributed by atoms with Crippen molar-refractivity contribution < 1.29 is 27.1 Å². The Hall–Kier alpha value is -1.42. The molecule has 2 rings (SSSR count). The van der Waals surface area contributed by atoms with Crippen LogP contribution in [0.5, 0.6) is 0 Å². The van der Waals surface area contributed by atoms with Crippen LogP contribution in [-0.2, 0) is 19.5 Å². The summed E-state index contributed by atoms with van der Waals surface area (Å²) in [4.78, 5) is 12.0. The Balaban J connectivity index is 1.86. The van der Waals surface area contributed by atoms with Crippen molar-refractivity contribution >= 4 is 15.9 Å². The molecule has 2 heterocycles. The number of hydrogen-bond acceptors (Lipinski definition) is 6. The predicted octanol–water partition coefficient (Wildman–Crippen LogP) is 0.847. The molecule has 1 N–H and O–H groups in total. The van der Waals surface area contributed by atoms with E-state index in [1.165, 1.54) is 16.4 Å². The number of hydrogen-bond donors (Lipinski definition) is 1. The zero-order valence-electron chi connectivity index (χ0n) is 13.8. The number of nitrogens with one attached hydrogen (secondary N) is 1. The first-order chi connectivity index (χ1) is 11.6. The Morgan fingerprint density at radius 2 is 1.96 bits per heavy atom. The van der Waals surface area contributed by atoms with Crippen LogP contribution in [0.4, 0.5) is 0 Å². The number of nitrogens with zero attached hydrogens (tertiary/aromatic N) is 1. The van der Waals surface area contributed by atoms with E-state index in [9.17, 15) is 13.2 Å². The number of methoxy groups -OCH3 is 1. The molecule has 1 amide bonds. The molecule has 1 aliphatic rings. The monoisotopic (exact) mass is 360 g/mol. The topological polar surface area (TPSA) is 98.1 Å². The fourth-order valence-corrected chi connectivity index (χ4v) is 3.81. The van der Waals surface area contributed by atoms with Gasteiger partial charge in [-0.25, -0.2) is 8.42 Å². The predicted molar refractivity (Wildman–Crippen MR) is 86.3 cm³/mol. The number of carbonyl (C=O) groups is 1. The van der Waals surface area contributed by atoms with Gasteiger partial charge in [0.15, 0.2) is 5.76 Å². The van der Waals surface area contributed by atoms with Gasteiger partial charge in [-0.05, 0) is 25.0 Å². The lowest BCUT2D eigenvalue weighted by Crippen LogP contribution is -2.35. The molecule has 1 saturated heterocycles. The van der Waals surface area contributed by atoms with Gasteiger partial charge in [0.1, 0.15) is 0 Å². The van der Waals surface area contributed by atoms with E-state index in [2.05, 4.69) is 5.32 Å². The average molecular weight is 360 g/mol. The number of amides is 1. The highest BCUT2D eigenvalue weighted by Gasteiger charge is 2.29. The van der Waals surface area contributed by atoms with E-state index in [-0.39, 0.29) is 10.9 Å². The maximum Gasteiger partial charge on any atom is 0.287 e. The van der Waals surface area contributed by atoms with Gasteiger partial charge in [-0.2, -0.15) is 4.31 Å². The van der Waals surface area contributed by atoms with E-state index in [4.69, 9.17) is 13.9 Å². The van der Waals surface area contributed by atoms with Gasteiger partial charge >= 0.3 is 0 Å². The second-order valence-electron chi connectivity index (χ2n) is 5.44. The van der Waals surface area contributed by atoms with Crippen LogP contribution in [0.25, 0.3) is 0 Å². The van der Waals surface area contributed by atoms with Crippen molar-refractivity contribution in [2.75, 3.05) is 46.6 Å². The van der Waals surface area contributed by atoms with Gasteiger partial charge in [-0.15, -0.1) is 0 Å². The zero-order valence-corrected chi connectivity index (χ0v) is 14.6. The maximum atomic E-state index is 12.5. The summed E-state index contributed by atoms with van der Waals surface area (Å²) in [6.45, 7) is 2.56. The largest absolute Gasteiger partial charge is 0.438 e. The molecule has 0 unspecified atom stereocenters. The molecule has 1 aromatic heterocycles. The summed E-state index contributed by atoms with van der Waals surface area (Å²) in [7, 11) is -2.08. The zero-order chi connectivity index (χ0) is 17.4. The van der Waals surface area contributed by atoms with Gasteiger partial charge in [0.2, 0.25) is 5.09 Å². The van der Waals surface area contributed by atoms with Crippen molar-refractivity contribution in [1.29, 1.82) is 0 Å². The second kappa shape index (κ2) is 9.16. The van der Waals surface area contributed by atoms with E-state index >= 15 is 0 Å². The number of furan rings is 1. The molecule has 1 aromatic rings. The van der Waals surface area contributed by atoms with E-state index in [1.807, 2.05) is 0 Å². The molecule has 24 heavy (non-hydrogen) atoms. The van der Waals surface area contributed by atoms with Crippen molar-refractivity contribution in [2.24, 2.45) is 0 Å². The highest BCUT2D eigenvalue weighted by Crippen LogP contribution is 2.22. The first kappa shape index (κ1) is 18.9. The molecular formula is C15H24N2O6S. The Morgan fingerprint density at radius 3 is 2.67 bits per heavy atom. The fraction of sp³-hybridized carbons (Fsp3) is 0.667. The number of rotatable bonds is 9. The third kappa shape index (κ3) is 5.04. The van der Waals surface area contributed by atoms with Crippen LogP contribution in [0, 0.1) is 0 Å². The van der Waals surface area contributed by atoms with Crippen molar-refractivity contribution in [3.8, 4) is 0 Å². The minimum absolute atomic E-state index is 0.0255. The van der Waals surface area contributed by atoms with Crippen LogP contribution in [0.1, 0.15) is 29.8 Å². The fourth-order valence-electron chi connectivity index (χ4n) is 2.38. The summed E-state index contributed by atoms with van der Waals surface area (Å²) in [6.07, 6.45) is 2.72. The average Bonchev–Trinajstić information content (AvgIpc) is 3.09. The molecule has 0 aromatic carbocycles. The molecule has 0 saturated carbocycles. The minimum Gasteiger partial charge on any atom is -0.438 e. The van der Waals surface area contributed by atoms with Gasteiger partial charge in [0.05, 0.1) is 19.8 Å². The van der Waals surface area contributed by atoms with Gasteiger partial charge in [0, 0.05) is 26.7 Å². The smallest absolute Gasteiger partial charge is 0.287 e. The first-order valence-corrected chi connectivity index (χ1v) is 9.44. The van der Waals surface area contributed by atoms with E-state index in [0.29, 0.717) is 39.5 Å². The van der Waals surface area contributed by atoms with Crippen LogP contribution < -0.4 is 5.32 Å². The minimum atomic E-state index is -3.66. The molecule has 0 spiro atoms. The first-order valence-electron chi connectivity index (χ1n) is 8.00. The molecule has 0 atom stereocenters. The van der Waals surface area contributed by atoms with Gasteiger partial charge in [-0.3, -0.25) is 4.79 Å². The van der Waals surface area contributed by atoms with Gasteiger partial charge in [-0.1, -0.05) is 6.42 Å². The lowest BCUT2D eigenvalue weighted by Gasteiger charge is -2.24. The summed E-state index contributed by atoms with van der Waals surface area (Å²) in [5.74, 6) is -0.493. The molecule has 0 radical (unpaired) electrons. The Bertz CT molecular complexity index is 622. The van der Waals surface area contributed by atoms with Crippen LogP contribution in [-0.4, -0.2) is 65.2 Å². The van der Waals surface area contributed by atoms with Crippen LogP contribution in [0.3, 0.4) is 0 Å². The molecule has 1 aliphatic heterocycles. The third-order valence-electron chi connectivity index (χ3n) is 3.68. The Kier molecular flexibility index (Phi) is 7.22. The second-order valence-corrected chi connectivity index (χ2v) is 7.31. The van der Waals surface area contributed by atoms with Gasteiger partial charge in [0.25, 0.3) is 15.9 Å². The molecule has 0 bridgehead atoms. The molecular weight excluding hydrogens is 336 g/mol. The number of piperidine rings is 1. The molecule has 9 heteroatoms. The number of carbonyl (C=O) groups excluding carboxylic acids is 1. The molecule has 136 valence electrons. The summed E-state index contributed by atoms with van der Waals surface area (Å²) < 4.78 is 41.6. The quantitative estimate of drug-likeness (QED) is 0.656. The van der Waals surface area contributed by atoms with Crippen LogP contribution in [0.15, 0.2) is 21.6 Å². The molecule has 8 nitrogen and oxygen atoms in total. The van der Waals surface area contributed by atoms with Gasteiger partial charge < -0.3 is 19.2 Å². The number of ether oxygens (including phenoxy) is 2. The Labute approximate surface area is 142 Å². The van der Waals surface area contributed by atoms with E-state index in [0.717, 1.165) is 19.3 Å². The summed E-state index contributed by atoms with van der Waals surface area (Å²) >= 11 is 0. The summed E-state index contributed by atoms with van der Waals surface area (Å²) in [5.41, 5.74) is 0. The van der Waals surface area contributed by atoms with Crippen molar-refractivity contribution in [1.82, 2.24) is 9.62 Å². The van der Waals surface area contributed by atoms with E-state index < -0.39 is 15.9 Å². The lowest BCUT2D eigenvalue weighted by atomic mass is 10.2. The molecule has 1 fully saturated rings. The summed E-state index contributed by atoms with van der Waals surface area (Å²) in [5, 5.41) is 2.42. The van der Waals surface area contributed by atoms with E-state index in [1.54, 1.807) is 7.11 Å². The third-order valence-corrected chi connectivity index (χ3v) is 5.45. The Morgan fingerprint density at radius 1 is 1.21 bits per heavy atom. The lowest BCUT2D eigenvalue weighted by molar-refractivity contribution is 0.0686. The summed E-state index contributed by atoms with van der Waals surface area (Å²) in [6, 6.07) is 2.70. The SMILES string of the molecule is COCCOCCNC(=O)c1ccc(S(=O)(=O)N2CCCCC2)o1. The molecule has 0 aliphatic carbocycles.